The fourth-order valence-corrected chi connectivity index (χ4v) is 6.30. The van der Waals surface area contributed by atoms with Crippen LogP contribution in [0.15, 0.2) is 22.4 Å². The highest BCUT2D eigenvalue weighted by Gasteiger charge is 2.17. The van der Waals surface area contributed by atoms with Gasteiger partial charge in [-0.25, -0.2) is 18.5 Å². The summed E-state index contributed by atoms with van der Waals surface area (Å²) in [5.74, 6) is -0.199. The van der Waals surface area contributed by atoms with Crippen molar-refractivity contribution in [1.82, 2.24) is 10.3 Å². The van der Waals surface area contributed by atoms with Crippen LogP contribution in [0.5, 0.6) is 0 Å². The Morgan fingerprint density at radius 2 is 1.96 bits per heavy atom. The Balaban J connectivity index is 1.68. The molecule has 26 heavy (non-hydrogen) atoms. The molecule has 0 aliphatic rings. The van der Waals surface area contributed by atoms with Crippen molar-refractivity contribution in [2.24, 2.45) is 5.14 Å². The maximum absolute atomic E-state index is 12.3. The molecule has 0 fully saturated rings. The van der Waals surface area contributed by atoms with Crippen LogP contribution in [-0.4, -0.2) is 32.4 Å². The van der Waals surface area contributed by atoms with Gasteiger partial charge in [0.25, 0.3) is 5.91 Å². The van der Waals surface area contributed by atoms with Crippen LogP contribution in [-0.2, 0) is 16.6 Å². The van der Waals surface area contributed by atoms with Gasteiger partial charge >= 0.3 is 0 Å². The largest absolute Gasteiger partial charge is 0.349 e. The average molecular weight is 431 g/mol. The van der Waals surface area contributed by atoms with Crippen molar-refractivity contribution in [3.05, 3.63) is 28.0 Å². The van der Waals surface area contributed by atoms with Crippen molar-refractivity contribution in [2.45, 2.75) is 24.6 Å². The number of hydrogen-bond donors (Lipinski definition) is 2. The maximum atomic E-state index is 12.3. The van der Waals surface area contributed by atoms with Crippen LogP contribution < -0.4 is 15.4 Å². The molecule has 3 aromatic rings. The highest BCUT2D eigenvalue weighted by Crippen LogP contribution is 2.34. The van der Waals surface area contributed by atoms with Crippen molar-refractivity contribution >= 4 is 64.6 Å². The van der Waals surface area contributed by atoms with Crippen molar-refractivity contribution in [2.75, 3.05) is 18.0 Å². The van der Waals surface area contributed by atoms with E-state index in [0.29, 0.717) is 4.88 Å². The first kappa shape index (κ1) is 19.2. The molecule has 0 aliphatic carbocycles. The predicted octanol–water partition coefficient (Wildman–Crippen LogP) is 2.84. The van der Waals surface area contributed by atoms with Gasteiger partial charge < -0.3 is 10.2 Å². The second-order valence-corrected chi connectivity index (χ2v) is 10.4. The number of anilines is 1. The van der Waals surface area contributed by atoms with E-state index in [2.05, 4.69) is 29.0 Å². The van der Waals surface area contributed by atoms with E-state index in [9.17, 15) is 13.2 Å². The van der Waals surface area contributed by atoms with Gasteiger partial charge in [0, 0.05) is 18.0 Å². The lowest BCUT2D eigenvalue weighted by molar-refractivity contribution is 0.0955. The monoisotopic (exact) mass is 430 g/mol. The van der Waals surface area contributed by atoms with Gasteiger partial charge in [-0.15, -0.1) is 22.7 Å². The molecule has 0 saturated heterocycles. The summed E-state index contributed by atoms with van der Waals surface area (Å²) < 4.78 is 23.7. The molecule has 3 heterocycles. The van der Waals surface area contributed by atoms with Crippen LogP contribution in [0.2, 0.25) is 0 Å². The number of amides is 1. The molecule has 7 nitrogen and oxygen atoms in total. The van der Waals surface area contributed by atoms with Crippen LogP contribution >= 0.6 is 34.0 Å². The van der Waals surface area contributed by atoms with Crippen LogP contribution in [0.25, 0.3) is 9.53 Å². The second-order valence-electron chi connectivity index (χ2n) is 5.40. The molecule has 0 atom stereocenters. The van der Waals surface area contributed by atoms with E-state index in [1.165, 1.54) is 17.4 Å². The van der Waals surface area contributed by atoms with Crippen molar-refractivity contribution in [3.63, 3.8) is 0 Å². The molecule has 3 N–H and O–H groups in total. The van der Waals surface area contributed by atoms with E-state index >= 15 is 0 Å². The standard InChI is InChI=1S/C15H18N4O3S4/c1-3-19(4-2)15-18-14-11(25-15)7-10(24-14)13(20)17-8-9-5-6-12(23-9)26(16,21)22/h5-7H,3-4,8H2,1-2H3,(H,17,20)(H2,16,21,22). The van der Waals surface area contributed by atoms with Gasteiger partial charge in [-0.1, -0.05) is 11.3 Å². The summed E-state index contributed by atoms with van der Waals surface area (Å²) in [7, 11) is -3.70. The minimum absolute atomic E-state index is 0.0894. The van der Waals surface area contributed by atoms with Gasteiger partial charge in [0.2, 0.25) is 10.0 Å². The van der Waals surface area contributed by atoms with E-state index < -0.39 is 10.0 Å². The summed E-state index contributed by atoms with van der Waals surface area (Å²) in [6.45, 7) is 6.22. The first-order chi connectivity index (χ1) is 12.3. The number of carbonyl (C=O) groups excluding carboxylic acids is 1. The summed E-state index contributed by atoms with van der Waals surface area (Å²) in [6, 6.07) is 4.95. The number of hydrogen-bond acceptors (Lipinski definition) is 8. The molecule has 0 spiro atoms. The molecular weight excluding hydrogens is 412 g/mol. The summed E-state index contributed by atoms with van der Waals surface area (Å²) in [5.41, 5.74) is 0. The molecule has 140 valence electrons. The molecule has 0 aromatic carbocycles. The lowest BCUT2D eigenvalue weighted by Gasteiger charge is -2.16. The smallest absolute Gasteiger partial charge is 0.261 e. The number of sulfonamides is 1. The van der Waals surface area contributed by atoms with Gasteiger partial charge in [-0.3, -0.25) is 4.79 Å². The molecule has 0 radical (unpaired) electrons. The number of aromatic nitrogens is 1. The fourth-order valence-electron chi connectivity index (χ4n) is 2.33. The molecule has 0 unspecified atom stereocenters. The van der Waals surface area contributed by atoms with Crippen LogP contribution in [0.4, 0.5) is 5.13 Å². The summed E-state index contributed by atoms with van der Waals surface area (Å²) in [4.78, 5) is 21.3. The number of nitrogens with two attached hydrogens (primary N) is 1. The Hall–Kier alpha value is -1.53. The third-order valence-electron chi connectivity index (χ3n) is 3.68. The fraction of sp³-hybridized carbons (Fsp3) is 0.333. The number of fused-ring (bicyclic) bond motifs is 1. The number of carbonyl (C=O) groups is 1. The third kappa shape index (κ3) is 4.07. The molecular formula is C15H18N4O3S4. The molecule has 3 aromatic heterocycles. The molecule has 0 saturated carbocycles. The lowest BCUT2D eigenvalue weighted by atomic mass is 10.4. The quantitative estimate of drug-likeness (QED) is 0.600. The zero-order valence-corrected chi connectivity index (χ0v) is 17.4. The number of nitrogens with one attached hydrogen (secondary N) is 1. The van der Waals surface area contributed by atoms with Gasteiger partial charge in [-0.05, 0) is 32.0 Å². The van der Waals surface area contributed by atoms with Gasteiger partial charge in [0.15, 0.2) is 5.13 Å². The second kappa shape index (κ2) is 7.61. The number of thiophene rings is 2. The number of primary sulfonamides is 1. The number of thiazole rings is 1. The Kier molecular flexibility index (Phi) is 5.63. The van der Waals surface area contributed by atoms with Crippen molar-refractivity contribution in [3.8, 4) is 0 Å². The zero-order chi connectivity index (χ0) is 18.9. The number of rotatable bonds is 7. The van der Waals surface area contributed by atoms with E-state index in [0.717, 1.165) is 44.0 Å². The maximum Gasteiger partial charge on any atom is 0.261 e. The van der Waals surface area contributed by atoms with Gasteiger partial charge in [-0.2, -0.15) is 0 Å². The van der Waals surface area contributed by atoms with Crippen LogP contribution in [0.3, 0.4) is 0 Å². The highest BCUT2D eigenvalue weighted by molar-refractivity contribution is 7.91. The molecule has 0 aliphatic heterocycles. The summed E-state index contributed by atoms with van der Waals surface area (Å²) in [6.07, 6.45) is 0. The summed E-state index contributed by atoms with van der Waals surface area (Å²) >= 11 is 3.99. The van der Waals surface area contributed by atoms with Crippen LogP contribution in [0.1, 0.15) is 28.4 Å². The lowest BCUT2D eigenvalue weighted by Crippen LogP contribution is -2.21. The van der Waals surface area contributed by atoms with Crippen molar-refractivity contribution < 1.29 is 13.2 Å². The topological polar surface area (TPSA) is 105 Å². The van der Waals surface area contributed by atoms with Gasteiger partial charge in [0.05, 0.1) is 16.1 Å². The van der Waals surface area contributed by atoms with E-state index in [1.807, 2.05) is 6.07 Å². The Labute approximate surface area is 163 Å². The average Bonchev–Trinajstić information content (AvgIpc) is 3.27. The normalized spacial score (nSPS) is 11.8. The van der Waals surface area contributed by atoms with E-state index in [4.69, 9.17) is 5.14 Å². The molecule has 11 heteroatoms. The Morgan fingerprint density at radius 1 is 1.23 bits per heavy atom. The number of nitrogens with zero attached hydrogens (tertiary/aromatic N) is 2. The minimum atomic E-state index is -3.70. The SMILES string of the molecule is CCN(CC)c1nc2sc(C(=O)NCc3ccc(S(N)(=O)=O)s3)cc2s1. The first-order valence-corrected chi connectivity index (χ1v) is 11.9. The minimum Gasteiger partial charge on any atom is -0.349 e. The van der Waals surface area contributed by atoms with E-state index in [-0.39, 0.29) is 16.7 Å². The third-order valence-corrected chi connectivity index (χ3v) is 8.42. The zero-order valence-electron chi connectivity index (χ0n) is 14.2. The highest BCUT2D eigenvalue weighted by atomic mass is 32.2. The molecule has 3 rings (SSSR count). The van der Waals surface area contributed by atoms with Crippen molar-refractivity contribution in [1.29, 1.82) is 0 Å². The Bertz CT molecular complexity index is 999. The summed E-state index contributed by atoms with van der Waals surface area (Å²) in [5, 5.41) is 8.86. The molecule has 0 bridgehead atoms. The van der Waals surface area contributed by atoms with Gasteiger partial charge in [0.1, 0.15) is 9.04 Å². The molecule has 1 amide bonds. The Morgan fingerprint density at radius 3 is 2.54 bits per heavy atom. The van der Waals surface area contributed by atoms with E-state index in [1.54, 1.807) is 17.4 Å². The predicted molar refractivity (Wildman–Crippen MR) is 108 cm³/mol. The first-order valence-electron chi connectivity index (χ1n) is 7.86. The van der Waals surface area contributed by atoms with Crippen LogP contribution in [0, 0.1) is 0 Å².